The number of benzene rings is 1. The van der Waals surface area contributed by atoms with Crippen molar-refractivity contribution in [3.8, 4) is 11.8 Å². The van der Waals surface area contributed by atoms with Gasteiger partial charge in [0.2, 0.25) is 0 Å². The first kappa shape index (κ1) is 12.3. The Kier molecular flexibility index (Phi) is 4.98. The molecule has 0 saturated carbocycles. The number of rotatable bonds is 4. The summed E-state index contributed by atoms with van der Waals surface area (Å²) in [4.78, 5) is 4.08. The molecule has 1 aromatic carbocycles. The quantitative estimate of drug-likeness (QED) is 0.650. The minimum atomic E-state index is 0.717. The maximum absolute atomic E-state index is 4.08. The van der Waals surface area contributed by atoms with Gasteiger partial charge in [-0.25, -0.2) is 0 Å². The van der Waals surface area contributed by atoms with E-state index in [0.29, 0.717) is 0 Å². The summed E-state index contributed by atoms with van der Waals surface area (Å²) in [6.45, 7) is 1.64. The van der Waals surface area contributed by atoms with Crippen LogP contribution in [0.3, 0.4) is 0 Å². The van der Waals surface area contributed by atoms with Crippen molar-refractivity contribution in [1.82, 2.24) is 10.3 Å². The van der Waals surface area contributed by atoms with E-state index in [4.69, 9.17) is 0 Å². The Balaban J connectivity index is 1.67. The highest BCUT2D eigenvalue weighted by atomic mass is 14.8. The van der Waals surface area contributed by atoms with Crippen LogP contribution >= 0.6 is 0 Å². The lowest BCUT2D eigenvalue weighted by atomic mass is 10.2. The fourth-order valence-corrected chi connectivity index (χ4v) is 1.60. The molecule has 90 valence electrons. The van der Waals surface area contributed by atoms with Crippen LogP contribution in [0.2, 0.25) is 0 Å². The number of aromatic nitrogens is 1. The lowest BCUT2D eigenvalue weighted by Crippen LogP contribution is -2.17. The van der Waals surface area contributed by atoms with Gasteiger partial charge in [0.15, 0.2) is 0 Å². The van der Waals surface area contributed by atoms with Gasteiger partial charge in [0.1, 0.15) is 0 Å². The molecule has 0 atom stereocenters. The summed E-state index contributed by atoms with van der Waals surface area (Å²) in [5.74, 6) is 6.23. The molecule has 1 heterocycles. The average Bonchev–Trinajstić information content (AvgIpc) is 2.45. The molecule has 0 aliphatic rings. The second-order valence-corrected chi connectivity index (χ2v) is 3.96. The first-order valence-corrected chi connectivity index (χ1v) is 6.09. The third-order valence-electron chi connectivity index (χ3n) is 2.53. The molecule has 0 fully saturated rings. The normalized spacial score (nSPS) is 9.56. The summed E-state index contributed by atoms with van der Waals surface area (Å²) in [6.07, 6.45) is 4.68. The van der Waals surface area contributed by atoms with Crippen LogP contribution in [0.4, 0.5) is 0 Å². The highest BCUT2D eigenvalue weighted by molar-refractivity contribution is 5.33. The van der Waals surface area contributed by atoms with Crippen LogP contribution < -0.4 is 5.32 Å². The maximum Gasteiger partial charge on any atom is 0.0580 e. The minimum Gasteiger partial charge on any atom is -0.306 e. The van der Waals surface area contributed by atoms with Crippen LogP contribution in [-0.2, 0) is 6.42 Å². The standard InChI is InChI=1S/C16H16N2/c1-2-6-15(7-3-1)8-4-11-17-13-10-16-9-5-12-18-14-16/h1-3,5-7,9,12,14,17H,10-11,13H2. The third-order valence-corrected chi connectivity index (χ3v) is 2.53. The van der Waals surface area contributed by atoms with Crippen molar-refractivity contribution in [3.63, 3.8) is 0 Å². The van der Waals surface area contributed by atoms with Crippen LogP contribution in [0, 0.1) is 11.8 Å². The van der Waals surface area contributed by atoms with Gasteiger partial charge in [-0.3, -0.25) is 4.98 Å². The third kappa shape index (κ3) is 4.40. The Hall–Kier alpha value is -2.11. The lowest BCUT2D eigenvalue weighted by Gasteiger charge is -2.00. The monoisotopic (exact) mass is 236 g/mol. The van der Waals surface area contributed by atoms with Gasteiger partial charge < -0.3 is 5.32 Å². The van der Waals surface area contributed by atoms with Gasteiger partial charge in [0.05, 0.1) is 6.54 Å². The van der Waals surface area contributed by atoms with E-state index in [1.165, 1.54) is 5.56 Å². The van der Waals surface area contributed by atoms with Crippen molar-refractivity contribution in [1.29, 1.82) is 0 Å². The van der Waals surface area contributed by atoms with Crippen LogP contribution in [0.1, 0.15) is 11.1 Å². The summed E-state index contributed by atoms with van der Waals surface area (Å²) >= 11 is 0. The zero-order chi connectivity index (χ0) is 12.5. The van der Waals surface area contributed by atoms with Crippen LogP contribution in [-0.4, -0.2) is 18.1 Å². The highest BCUT2D eigenvalue weighted by Crippen LogP contribution is 1.95. The number of nitrogens with one attached hydrogen (secondary N) is 1. The van der Waals surface area contributed by atoms with E-state index >= 15 is 0 Å². The predicted molar refractivity (Wildman–Crippen MR) is 74.1 cm³/mol. The summed E-state index contributed by atoms with van der Waals surface area (Å²) in [7, 11) is 0. The van der Waals surface area contributed by atoms with Crippen LogP contribution in [0.5, 0.6) is 0 Å². The Morgan fingerprint density at radius 1 is 1.06 bits per heavy atom. The highest BCUT2D eigenvalue weighted by Gasteiger charge is 1.90. The van der Waals surface area contributed by atoms with Gasteiger partial charge >= 0.3 is 0 Å². The largest absolute Gasteiger partial charge is 0.306 e. The Labute approximate surface area is 108 Å². The predicted octanol–water partition coefficient (Wildman–Crippen LogP) is 2.27. The van der Waals surface area contributed by atoms with Crippen LogP contribution in [0.25, 0.3) is 0 Å². The van der Waals surface area contributed by atoms with Crippen molar-refractivity contribution in [2.75, 3.05) is 13.1 Å². The summed E-state index contributed by atoms with van der Waals surface area (Å²) in [5, 5.41) is 3.30. The number of hydrogen-bond donors (Lipinski definition) is 1. The van der Waals surface area contributed by atoms with E-state index in [1.54, 1.807) is 6.20 Å². The topological polar surface area (TPSA) is 24.9 Å². The Morgan fingerprint density at radius 2 is 1.94 bits per heavy atom. The molecular formula is C16H16N2. The summed E-state index contributed by atoms with van der Waals surface area (Å²) < 4.78 is 0. The van der Waals surface area contributed by atoms with Crippen molar-refractivity contribution < 1.29 is 0 Å². The summed E-state index contributed by atoms with van der Waals surface area (Å²) in [5.41, 5.74) is 2.31. The second-order valence-electron chi connectivity index (χ2n) is 3.96. The molecule has 2 aromatic rings. The molecule has 0 aliphatic heterocycles. The number of hydrogen-bond acceptors (Lipinski definition) is 2. The molecule has 0 aliphatic carbocycles. The van der Waals surface area contributed by atoms with Crippen molar-refractivity contribution >= 4 is 0 Å². The first-order valence-electron chi connectivity index (χ1n) is 6.09. The van der Waals surface area contributed by atoms with Crippen LogP contribution in [0.15, 0.2) is 54.9 Å². The number of pyridine rings is 1. The molecule has 2 rings (SSSR count). The SMILES string of the molecule is C(#Cc1ccccc1)CNCCc1cccnc1. The molecule has 0 amide bonds. The fourth-order valence-electron chi connectivity index (χ4n) is 1.60. The van der Waals surface area contributed by atoms with E-state index < -0.39 is 0 Å². The molecule has 0 radical (unpaired) electrons. The maximum atomic E-state index is 4.08. The Morgan fingerprint density at radius 3 is 2.72 bits per heavy atom. The van der Waals surface area contributed by atoms with E-state index in [1.807, 2.05) is 42.6 Å². The molecule has 0 bridgehead atoms. The molecule has 0 spiro atoms. The van der Waals surface area contributed by atoms with E-state index in [2.05, 4.69) is 28.2 Å². The van der Waals surface area contributed by atoms with Gasteiger partial charge in [-0.1, -0.05) is 36.1 Å². The van der Waals surface area contributed by atoms with Gasteiger partial charge in [0, 0.05) is 24.5 Å². The summed E-state index contributed by atoms with van der Waals surface area (Å²) in [6, 6.07) is 14.1. The average molecular weight is 236 g/mol. The zero-order valence-corrected chi connectivity index (χ0v) is 10.3. The fraction of sp³-hybridized carbons (Fsp3) is 0.188. The zero-order valence-electron chi connectivity index (χ0n) is 10.3. The molecule has 2 nitrogen and oxygen atoms in total. The van der Waals surface area contributed by atoms with E-state index in [9.17, 15) is 0 Å². The molecular weight excluding hydrogens is 220 g/mol. The number of nitrogens with zero attached hydrogens (tertiary/aromatic N) is 1. The molecule has 2 heteroatoms. The van der Waals surface area contributed by atoms with Gasteiger partial charge in [-0.15, -0.1) is 0 Å². The van der Waals surface area contributed by atoms with Crippen molar-refractivity contribution in [2.24, 2.45) is 0 Å². The van der Waals surface area contributed by atoms with Gasteiger partial charge in [-0.05, 0) is 30.2 Å². The minimum absolute atomic E-state index is 0.717. The Bertz CT molecular complexity index is 509. The smallest absolute Gasteiger partial charge is 0.0580 e. The van der Waals surface area contributed by atoms with Gasteiger partial charge in [0.25, 0.3) is 0 Å². The molecule has 1 aromatic heterocycles. The molecule has 1 N–H and O–H groups in total. The second kappa shape index (κ2) is 7.26. The van der Waals surface area contributed by atoms with Crippen molar-refractivity contribution in [3.05, 3.63) is 66.0 Å². The molecule has 0 saturated heterocycles. The van der Waals surface area contributed by atoms with E-state index in [0.717, 1.165) is 25.1 Å². The molecule has 0 unspecified atom stereocenters. The first-order chi connectivity index (χ1) is 8.95. The van der Waals surface area contributed by atoms with E-state index in [-0.39, 0.29) is 0 Å². The molecule has 18 heavy (non-hydrogen) atoms. The van der Waals surface area contributed by atoms with Gasteiger partial charge in [-0.2, -0.15) is 0 Å². The lowest BCUT2D eigenvalue weighted by molar-refractivity contribution is 0.751. The van der Waals surface area contributed by atoms with Crippen molar-refractivity contribution in [2.45, 2.75) is 6.42 Å².